The number of amides is 1. The molecule has 25 heavy (non-hydrogen) atoms. The Morgan fingerprint density at radius 1 is 1.36 bits per heavy atom. The van der Waals surface area contributed by atoms with Gasteiger partial charge >= 0.3 is 5.97 Å². The Balaban J connectivity index is 1.64. The van der Waals surface area contributed by atoms with Crippen LogP contribution in [0.5, 0.6) is 0 Å². The number of benzene rings is 1. The smallest absolute Gasteiger partial charge is 0.317 e. The van der Waals surface area contributed by atoms with E-state index in [9.17, 15) is 9.59 Å². The number of carbonyl (C=O) groups is 2. The summed E-state index contributed by atoms with van der Waals surface area (Å²) in [5.41, 5.74) is 0.604. The normalized spacial score (nSPS) is 22.0. The van der Waals surface area contributed by atoms with Crippen LogP contribution in [0.2, 0.25) is 5.02 Å². The first-order valence-corrected chi connectivity index (χ1v) is 8.86. The molecule has 1 aliphatic heterocycles. The molecule has 3 rings (SSSR count). The Kier molecular flexibility index (Phi) is 5.32. The lowest BCUT2D eigenvalue weighted by Gasteiger charge is -2.36. The molecular weight excluding hydrogens is 344 g/mol. The third kappa shape index (κ3) is 4.14. The fourth-order valence-corrected chi connectivity index (χ4v) is 3.61. The SMILES string of the molecule is CN(CC(=O)O)CC1CN(C(=O)C2(c3ccc(Cl)cc3)CC2)CCO1. The van der Waals surface area contributed by atoms with Gasteiger partial charge in [0.1, 0.15) is 0 Å². The van der Waals surface area contributed by atoms with Crippen LogP contribution >= 0.6 is 11.6 Å². The quantitative estimate of drug-likeness (QED) is 0.828. The van der Waals surface area contributed by atoms with Gasteiger partial charge in [-0.2, -0.15) is 0 Å². The van der Waals surface area contributed by atoms with E-state index < -0.39 is 11.4 Å². The minimum absolute atomic E-state index is 0.0392. The fourth-order valence-electron chi connectivity index (χ4n) is 3.48. The third-order valence-corrected chi connectivity index (χ3v) is 5.15. The number of nitrogens with zero attached hydrogens (tertiary/aromatic N) is 2. The highest BCUT2D eigenvalue weighted by Gasteiger charge is 2.53. The molecule has 2 fully saturated rings. The molecule has 1 aliphatic carbocycles. The van der Waals surface area contributed by atoms with Crippen molar-refractivity contribution in [1.29, 1.82) is 0 Å². The Labute approximate surface area is 152 Å². The highest BCUT2D eigenvalue weighted by molar-refractivity contribution is 6.30. The molecule has 136 valence electrons. The van der Waals surface area contributed by atoms with E-state index in [2.05, 4.69) is 0 Å². The number of carboxylic acid groups (broad SMARTS) is 1. The molecule has 1 aromatic carbocycles. The highest BCUT2D eigenvalue weighted by atomic mass is 35.5. The van der Waals surface area contributed by atoms with Crippen molar-refractivity contribution >= 4 is 23.5 Å². The van der Waals surface area contributed by atoms with E-state index in [0.717, 1.165) is 18.4 Å². The maximum absolute atomic E-state index is 13.1. The van der Waals surface area contributed by atoms with E-state index in [-0.39, 0.29) is 18.6 Å². The standard InChI is InChI=1S/C18H23ClN2O4/c1-20(12-16(22)23)10-15-11-21(8-9-25-15)17(24)18(6-7-18)13-2-4-14(19)5-3-13/h2-5,15H,6-12H2,1H3,(H,22,23). The van der Waals surface area contributed by atoms with Gasteiger partial charge in [0.25, 0.3) is 0 Å². The van der Waals surface area contributed by atoms with E-state index in [1.165, 1.54) is 0 Å². The number of likely N-dealkylation sites (N-methyl/N-ethyl adjacent to an activating group) is 1. The maximum atomic E-state index is 13.1. The summed E-state index contributed by atoms with van der Waals surface area (Å²) in [5.74, 6) is -0.727. The van der Waals surface area contributed by atoms with E-state index in [4.69, 9.17) is 21.4 Å². The molecule has 1 unspecified atom stereocenters. The average Bonchev–Trinajstić information content (AvgIpc) is 3.36. The van der Waals surface area contributed by atoms with Crippen molar-refractivity contribution in [2.24, 2.45) is 0 Å². The van der Waals surface area contributed by atoms with Crippen molar-refractivity contribution in [3.05, 3.63) is 34.9 Å². The van der Waals surface area contributed by atoms with Gasteiger partial charge < -0.3 is 14.7 Å². The monoisotopic (exact) mass is 366 g/mol. The van der Waals surface area contributed by atoms with E-state index >= 15 is 0 Å². The lowest BCUT2D eigenvalue weighted by Crippen LogP contribution is -2.52. The Hall–Kier alpha value is -1.63. The number of carboxylic acids is 1. The summed E-state index contributed by atoms with van der Waals surface area (Å²) in [6, 6.07) is 7.53. The van der Waals surface area contributed by atoms with Crippen LogP contribution in [0, 0.1) is 0 Å². The first-order valence-electron chi connectivity index (χ1n) is 8.48. The molecule has 1 saturated heterocycles. The van der Waals surface area contributed by atoms with Crippen molar-refractivity contribution < 1.29 is 19.4 Å². The predicted molar refractivity (Wildman–Crippen MR) is 93.8 cm³/mol. The minimum atomic E-state index is -0.870. The Morgan fingerprint density at radius 3 is 2.64 bits per heavy atom. The summed E-state index contributed by atoms with van der Waals surface area (Å²) < 4.78 is 5.72. The highest BCUT2D eigenvalue weighted by Crippen LogP contribution is 2.50. The molecule has 0 bridgehead atoms. The molecule has 2 aliphatic rings. The fraction of sp³-hybridized carbons (Fsp3) is 0.556. The Bertz CT molecular complexity index is 645. The van der Waals surface area contributed by atoms with E-state index in [1.54, 1.807) is 11.9 Å². The van der Waals surface area contributed by atoms with Gasteiger partial charge in [-0.25, -0.2) is 0 Å². The second kappa shape index (κ2) is 7.32. The molecule has 1 amide bonds. The molecular formula is C18H23ClN2O4. The van der Waals surface area contributed by atoms with Crippen LogP contribution in [0.4, 0.5) is 0 Å². The first kappa shape index (κ1) is 18.2. The van der Waals surface area contributed by atoms with Crippen molar-refractivity contribution in [3.8, 4) is 0 Å². The van der Waals surface area contributed by atoms with Gasteiger partial charge in [0.2, 0.25) is 5.91 Å². The Morgan fingerprint density at radius 2 is 2.04 bits per heavy atom. The lowest BCUT2D eigenvalue weighted by atomic mass is 9.94. The summed E-state index contributed by atoms with van der Waals surface area (Å²) in [6.07, 6.45) is 1.55. The number of hydrogen-bond donors (Lipinski definition) is 1. The third-order valence-electron chi connectivity index (χ3n) is 4.90. The summed E-state index contributed by atoms with van der Waals surface area (Å²) in [6.45, 7) is 2.01. The number of morpholine rings is 1. The van der Waals surface area contributed by atoms with Crippen molar-refractivity contribution in [2.75, 3.05) is 39.8 Å². The number of aliphatic carboxylic acids is 1. The van der Waals surface area contributed by atoms with Crippen LogP contribution in [-0.4, -0.2) is 72.7 Å². The van der Waals surface area contributed by atoms with Gasteiger partial charge in [0.15, 0.2) is 0 Å². The van der Waals surface area contributed by atoms with E-state index in [0.29, 0.717) is 31.3 Å². The molecule has 0 radical (unpaired) electrons. The van der Waals surface area contributed by atoms with Crippen molar-refractivity contribution in [1.82, 2.24) is 9.80 Å². The molecule has 1 N–H and O–H groups in total. The van der Waals surface area contributed by atoms with Crippen LogP contribution in [0.3, 0.4) is 0 Å². The van der Waals surface area contributed by atoms with Crippen LogP contribution in [-0.2, 0) is 19.7 Å². The second-order valence-electron chi connectivity index (χ2n) is 6.92. The van der Waals surface area contributed by atoms with Gasteiger partial charge in [0, 0.05) is 24.7 Å². The zero-order valence-electron chi connectivity index (χ0n) is 14.3. The number of hydrogen-bond acceptors (Lipinski definition) is 4. The molecule has 0 aromatic heterocycles. The van der Waals surface area contributed by atoms with Gasteiger partial charge in [-0.3, -0.25) is 14.5 Å². The first-order chi connectivity index (χ1) is 11.9. The van der Waals surface area contributed by atoms with Gasteiger partial charge in [-0.1, -0.05) is 23.7 Å². The lowest BCUT2D eigenvalue weighted by molar-refractivity contribution is -0.144. The second-order valence-corrected chi connectivity index (χ2v) is 7.36. The molecule has 1 aromatic rings. The van der Waals surface area contributed by atoms with Crippen LogP contribution in [0.15, 0.2) is 24.3 Å². The number of carbonyl (C=O) groups excluding carboxylic acids is 1. The van der Waals surface area contributed by atoms with E-state index in [1.807, 2.05) is 29.2 Å². The zero-order chi connectivity index (χ0) is 18.0. The topological polar surface area (TPSA) is 70.1 Å². The summed E-state index contributed by atoms with van der Waals surface area (Å²) >= 11 is 5.96. The summed E-state index contributed by atoms with van der Waals surface area (Å²) in [5, 5.41) is 9.52. The van der Waals surface area contributed by atoms with Crippen molar-refractivity contribution in [2.45, 2.75) is 24.4 Å². The van der Waals surface area contributed by atoms with Gasteiger partial charge in [-0.15, -0.1) is 0 Å². The van der Waals surface area contributed by atoms with Crippen LogP contribution in [0.25, 0.3) is 0 Å². The molecule has 1 saturated carbocycles. The van der Waals surface area contributed by atoms with Crippen LogP contribution < -0.4 is 0 Å². The summed E-state index contributed by atoms with van der Waals surface area (Å²) in [7, 11) is 1.74. The van der Waals surface area contributed by atoms with Gasteiger partial charge in [-0.05, 0) is 37.6 Å². The number of rotatable bonds is 6. The average molecular weight is 367 g/mol. The predicted octanol–water partition coefficient (Wildman–Crippen LogP) is 1.62. The van der Waals surface area contributed by atoms with Crippen molar-refractivity contribution in [3.63, 3.8) is 0 Å². The molecule has 6 nitrogen and oxygen atoms in total. The van der Waals surface area contributed by atoms with Crippen LogP contribution in [0.1, 0.15) is 18.4 Å². The number of ether oxygens (including phenoxy) is 1. The number of halogens is 1. The zero-order valence-corrected chi connectivity index (χ0v) is 15.0. The molecule has 0 spiro atoms. The maximum Gasteiger partial charge on any atom is 0.317 e. The van der Waals surface area contributed by atoms with Gasteiger partial charge in [0.05, 0.1) is 24.7 Å². The largest absolute Gasteiger partial charge is 0.480 e. The minimum Gasteiger partial charge on any atom is -0.480 e. The summed E-state index contributed by atoms with van der Waals surface area (Å²) in [4.78, 5) is 27.5. The molecule has 7 heteroatoms. The molecule has 1 heterocycles. The molecule has 1 atom stereocenters.